The third-order valence-corrected chi connectivity index (χ3v) is 3.60. The van der Waals surface area contributed by atoms with Gasteiger partial charge in [-0.3, -0.25) is 0 Å². The Morgan fingerprint density at radius 3 is 1.45 bits per heavy atom. The lowest BCUT2D eigenvalue weighted by Crippen LogP contribution is -2.45. The van der Waals surface area contributed by atoms with Crippen LogP contribution in [0.15, 0.2) is 0 Å². The van der Waals surface area contributed by atoms with Gasteiger partial charge in [0.2, 0.25) is 0 Å². The molecule has 0 amide bonds. The molecule has 0 radical (unpaired) electrons. The van der Waals surface area contributed by atoms with Crippen LogP contribution in [0.3, 0.4) is 0 Å². The first kappa shape index (κ1) is 19.7. The maximum Gasteiger partial charge on any atom is 0.0204 e. The average molecular weight is 289 g/mol. The molecule has 5 unspecified atom stereocenters. The lowest BCUT2D eigenvalue weighted by molar-refractivity contribution is 0.388. The monoisotopic (exact) mass is 289 g/mol. The summed E-state index contributed by atoms with van der Waals surface area (Å²) in [6, 6.07) is -0.206. The van der Waals surface area contributed by atoms with Crippen molar-refractivity contribution in [2.24, 2.45) is 40.1 Å². The highest BCUT2D eigenvalue weighted by atomic mass is 14.8. The van der Waals surface area contributed by atoms with Crippen LogP contribution in [0.5, 0.6) is 0 Å². The number of hydrogen-bond acceptors (Lipinski definition) is 7. The van der Waals surface area contributed by atoms with Gasteiger partial charge in [0.1, 0.15) is 0 Å². The van der Waals surface area contributed by atoms with Crippen LogP contribution in [-0.4, -0.2) is 42.8 Å². The van der Waals surface area contributed by atoms with Gasteiger partial charge in [-0.25, -0.2) is 0 Å². The molecule has 0 aliphatic heterocycles. The molecule has 0 rings (SSSR count). The molecule has 0 fully saturated rings. The fourth-order valence-electron chi connectivity index (χ4n) is 2.35. The third kappa shape index (κ3) is 9.60. The van der Waals surface area contributed by atoms with Gasteiger partial charge in [-0.15, -0.1) is 0 Å². The Morgan fingerprint density at radius 1 is 0.650 bits per heavy atom. The zero-order chi connectivity index (χ0) is 15.7. The molecular weight excluding hydrogens is 254 g/mol. The second kappa shape index (κ2) is 10.4. The van der Waals surface area contributed by atoms with Crippen molar-refractivity contribution in [3.63, 3.8) is 0 Å². The molecule has 0 bridgehead atoms. The van der Waals surface area contributed by atoms with E-state index in [1.807, 2.05) is 6.92 Å². The summed E-state index contributed by atoms with van der Waals surface area (Å²) in [5.41, 5.74) is 41.1. The van der Waals surface area contributed by atoms with Gasteiger partial charge in [0.05, 0.1) is 0 Å². The summed E-state index contributed by atoms with van der Waals surface area (Å²) >= 11 is 0. The molecule has 0 aliphatic rings. The van der Waals surface area contributed by atoms with Crippen molar-refractivity contribution >= 4 is 0 Å². The highest BCUT2D eigenvalue weighted by molar-refractivity contribution is 4.82. The van der Waals surface area contributed by atoms with Crippen molar-refractivity contribution in [1.82, 2.24) is 0 Å². The van der Waals surface area contributed by atoms with E-state index in [9.17, 15) is 0 Å². The molecule has 0 aromatic carbocycles. The molecular formula is C13H35N7. The van der Waals surface area contributed by atoms with Crippen LogP contribution in [0.1, 0.15) is 39.0 Å². The summed E-state index contributed by atoms with van der Waals surface area (Å²) in [5.74, 6) is 0. The molecule has 7 heteroatoms. The lowest BCUT2D eigenvalue weighted by atomic mass is 9.93. The van der Waals surface area contributed by atoms with E-state index in [-0.39, 0.29) is 36.3 Å². The van der Waals surface area contributed by atoms with E-state index >= 15 is 0 Å². The summed E-state index contributed by atoms with van der Waals surface area (Å²) in [4.78, 5) is 0. The summed E-state index contributed by atoms with van der Waals surface area (Å²) in [5, 5.41) is 0. The molecule has 0 aromatic heterocycles. The van der Waals surface area contributed by atoms with Gasteiger partial charge in [-0.2, -0.15) is 0 Å². The molecule has 0 aliphatic carbocycles. The maximum atomic E-state index is 6.08. The van der Waals surface area contributed by atoms with Crippen LogP contribution in [-0.2, 0) is 0 Å². The normalized spacial score (nSPS) is 21.0. The van der Waals surface area contributed by atoms with Gasteiger partial charge in [0.15, 0.2) is 0 Å². The Balaban J connectivity index is 3.93. The second-order valence-electron chi connectivity index (χ2n) is 6.08. The Kier molecular flexibility index (Phi) is 10.3. The van der Waals surface area contributed by atoms with E-state index in [4.69, 9.17) is 40.1 Å². The van der Waals surface area contributed by atoms with Crippen molar-refractivity contribution in [2.45, 2.75) is 75.3 Å². The van der Waals surface area contributed by atoms with Crippen molar-refractivity contribution in [1.29, 1.82) is 0 Å². The molecule has 0 saturated heterocycles. The number of rotatable bonds is 11. The van der Waals surface area contributed by atoms with Crippen LogP contribution >= 0.6 is 0 Å². The van der Waals surface area contributed by atoms with Crippen LogP contribution in [0, 0.1) is 0 Å². The van der Waals surface area contributed by atoms with Gasteiger partial charge in [-0.1, -0.05) is 0 Å². The average Bonchev–Trinajstić information content (AvgIpc) is 2.27. The van der Waals surface area contributed by atoms with Crippen LogP contribution in [0.2, 0.25) is 0 Å². The Morgan fingerprint density at radius 2 is 1.05 bits per heavy atom. The van der Waals surface area contributed by atoms with Crippen LogP contribution in [0.25, 0.3) is 0 Å². The van der Waals surface area contributed by atoms with Gasteiger partial charge in [-0.05, 0) is 45.6 Å². The van der Waals surface area contributed by atoms with Gasteiger partial charge in [0, 0.05) is 36.3 Å². The largest absolute Gasteiger partial charge is 0.330 e. The smallest absolute Gasteiger partial charge is 0.0204 e. The quantitative estimate of drug-likeness (QED) is 0.227. The summed E-state index contributed by atoms with van der Waals surface area (Å²) in [6.45, 7) is 2.46. The van der Waals surface area contributed by atoms with E-state index < -0.39 is 0 Å². The minimum atomic E-state index is -0.0937. The molecule has 0 spiro atoms. The Labute approximate surface area is 122 Å². The molecule has 7 nitrogen and oxygen atoms in total. The minimum Gasteiger partial charge on any atom is -0.330 e. The topological polar surface area (TPSA) is 182 Å². The van der Waals surface area contributed by atoms with E-state index in [1.54, 1.807) is 0 Å². The van der Waals surface area contributed by atoms with E-state index in [2.05, 4.69) is 0 Å². The first-order chi connectivity index (χ1) is 9.26. The van der Waals surface area contributed by atoms with Crippen molar-refractivity contribution < 1.29 is 0 Å². The molecule has 0 aromatic rings. The Hall–Kier alpha value is -0.280. The zero-order valence-corrected chi connectivity index (χ0v) is 12.7. The first-order valence-electron chi connectivity index (χ1n) is 7.49. The van der Waals surface area contributed by atoms with Crippen LogP contribution in [0.4, 0.5) is 0 Å². The summed E-state index contributed by atoms with van der Waals surface area (Å²) in [7, 11) is 0. The van der Waals surface area contributed by atoms with E-state index in [1.165, 1.54) is 0 Å². The van der Waals surface area contributed by atoms with Crippen molar-refractivity contribution in [3.8, 4) is 0 Å². The maximum absolute atomic E-state index is 6.08. The molecule has 0 saturated carbocycles. The zero-order valence-electron chi connectivity index (χ0n) is 12.7. The van der Waals surface area contributed by atoms with Crippen molar-refractivity contribution in [3.05, 3.63) is 0 Å². The predicted molar refractivity (Wildman–Crippen MR) is 85.7 cm³/mol. The fourth-order valence-corrected chi connectivity index (χ4v) is 2.35. The Bertz CT molecular complexity index is 237. The second-order valence-corrected chi connectivity index (χ2v) is 6.08. The molecule has 122 valence electrons. The van der Waals surface area contributed by atoms with E-state index in [0.717, 1.165) is 12.8 Å². The highest BCUT2D eigenvalue weighted by Crippen LogP contribution is 2.09. The standard InChI is InChI=1S/C13H35N7/c1-8(15)13(20)7-12(19)6-11(18)5-10(17)4-9(16)2-3-14/h8-13H,2-7,14-20H2,1H3/t8?,9?,10-,11?,12?,13?/m0/s1. The molecule has 6 atom stereocenters. The third-order valence-electron chi connectivity index (χ3n) is 3.60. The minimum absolute atomic E-state index is 0.0131. The fraction of sp³-hybridized carbons (Fsp3) is 1.00. The molecule has 0 heterocycles. The number of nitrogens with two attached hydrogens (primary N) is 7. The molecule has 14 N–H and O–H groups in total. The van der Waals surface area contributed by atoms with E-state index in [0.29, 0.717) is 25.8 Å². The summed E-state index contributed by atoms with van der Waals surface area (Å²) < 4.78 is 0. The SMILES string of the molecule is CC(N)C(N)CC(N)CC(N)C[C@@H](N)CC(N)CCN. The van der Waals surface area contributed by atoms with Gasteiger partial charge >= 0.3 is 0 Å². The highest BCUT2D eigenvalue weighted by Gasteiger charge is 2.18. The number of hydrogen-bond donors (Lipinski definition) is 7. The summed E-state index contributed by atoms with van der Waals surface area (Å²) in [6.07, 6.45) is 3.60. The first-order valence-corrected chi connectivity index (χ1v) is 7.49. The lowest BCUT2D eigenvalue weighted by Gasteiger charge is -2.25. The predicted octanol–water partition coefficient (Wildman–Crippen LogP) is -2.12. The van der Waals surface area contributed by atoms with Gasteiger partial charge in [0.25, 0.3) is 0 Å². The molecule has 20 heavy (non-hydrogen) atoms. The van der Waals surface area contributed by atoms with Crippen molar-refractivity contribution in [2.75, 3.05) is 6.54 Å². The van der Waals surface area contributed by atoms with Crippen LogP contribution < -0.4 is 40.1 Å². The van der Waals surface area contributed by atoms with Gasteiger partial charge < -0.3 is 40.1 Å².